The molecule has 162 valence electrons. The second-order valence-electron chi connectivity index (χ2n) is 7.88. The Bertz CT molecular complexity index is 1280. The van der Waals surface area contributed by atoms with E-state index in [0.717, 1.165) is 35.7 Å². The minimum atomic E-state index is -1.23. The zero-order valence-corrected chi connectivity index (χ0v) is 18.0. The second kappa shape index (κ2) is 8.05. The summed E-state index contributed by atoms with van der Waals surface area (Å²) in [6.07, 6.45) is 10.6. The molecule has 1 N–H and O–H groups in total. The summed E-state index contributed by atoms with van der Waals surface area (Å²) in [4.78, 5) is 13.3. The van der Waals surface area contributed by atoms with Gasteiger partial charge in [-0.05, 0) is 55.7 Å². The van der Waals surface area contributed by atoms with E-state index in [1.165, 1.54) is 0 Å². The lowest BCUT2D eigenvalue weighted by molar-refractivity contribution is 0.0354. The molecule has 0 saturated heterocycles. The van der Waals surface area contributed by atoms with E-state index in [1.807, 2.05) is 66.2 Å². The molecular weight excluding hydrogens is 404 g/mol. The SMILES string of the molecule is COc1cc(/C=C/c2nc3n(n2)CCC[C@]3(O)c2ccccn2)ccc1-n1cnc(C)c1. The molecule has 1 aliphatic rings. The maximum atomic E-state index is 11.4. The summed E-state index contributed by atoms with van der Waals surface area (Å²) in [7, 11) is 1.65. The molecule has 4 heterocycles. The molecule has 0 unspecified atom stereocenters. The molecule has 1 aromatic carbocycles. The van der Waals surface area contributed by atoms with Crippen LogP contribution in [0, 0.1) is 6.92 Å². The number of aryl methyl sites for hydroxylation is 2. The van der Waals surface area contributed by atoms with Gasteiger partial charge in [0.05, 0.1) is 30.5 Å². The van der Waals surface area contributed by atoms with Crippen LogP contribution in [0.1, 0.15) is 41.4 Å². The Kier molecular flexibility index (Phi) is 5.07. The number of ether oxygens (including phenoxy) is 1. The lowest BCUT2D eigenvalue weighted by Crippen LogP contribution is -2.36. The minimum absolute atomic E-state index is 0.533. The van der Waals surface area contributed by atoms with Crippen molar-refractivity contribution in [3.63, 3.8) is 0 Å². The van der Waals surface area contributed by atoms with E-state index in [1.54, 1.807) is 24.3 Å². The summed E-state index contributed by atoms with van der Waals surface area (Å²) in [6.45, 7) is 2.67. The second-order valence-corrected chi connectivity index (χ2v) is 7.88. The van der Waals surface area contributed by atoms with Gasteiger partial charge in [-0.25, -0.2) is 14.6 Å². The summed E-state index contributed by atoms with van der Waals surface area (Å²) in [5.41, 5.74) is 2.18. The number of hydrogen-bond donors (Lipinski definition) is 1. The summed E-state index contributed by atoms with van der Waals surface area (Å²) >= 11 is 0. The largest absolute Gasteiger partial charge is 0.495 e. The zero-order chi connectivity index (χ0) is 22.1. The van der Waals surface area contributed by atoms with E-state index in [2.05, 4.69) is 20.1 Å². The molecule has 0 radical (unpaired) electrons. The van der Waals surface area contributed by atoms with Gasteiger partial charge in [0.2, 0.25) is 0 Å². The van der Waals surface area contributed by atoms with E-state index in [0.29, 0.717) is 23.8 Å². The molecule has 0 fully saturated rings. The van der Waals surface area contributed by atoms with Gasteiger partial charge in [0.15, 0.2) is 17.2 Å². The molecule has 0 amide bonds. The number of imidazole rings is 1. The van der Waals surface area contributed by atoms with Gasteiger partial charge < -0.3 is 14.4 Å². The van der Waals surface area contributed by atoms with Crippen molar-refractivity contribution >= 4 is 12.2 Å². The average molecular weight is 428 g/mol. The van der Waals surface area contributed by atoms with Crippen LogP contribution in [-0.4, -0.2) is 41.5 Å². The van der Waals surface area contributed by atoms with E-state index < -0.39 is 5.60 Å². The van der Waals surface area contributed by atoms with Crippen molar-refractivity contribution in [2.75, 3.05) is 7.11 Å². The van der Waals surface area contributed by atoms with Gasteiger partial charge >= 0.3 is 0 Å². The third-order valence-electron chi connectivity index (χ3n) is 5.67. The Balaban J connectivity index is 1.44. The molecule has 1 aliphatic heterocycles. The van der Waals surface area contributed by atoms with E-state index in [-0.39, 0.29) is 0 Å². The molecule has 4 aromatic rings. The molecule has 0 saturated carbocycles. The predicted molar refractivity (Wildman–Crippen MR) is 120 cm³/mol. The highest BCUT2D eigenvalue weighted by molar-refractivity contribution is 5.69. The average Bonchev–Trinajstić information content (AvgIpc) is 3.45. The topological polar surface area (TPSA) is 90.9 Å². The first-order chi connectivity index (χ1) is 15.6. The van der Waals surface area contributed by atoms with Crippen molar-refractivity contribution in [3.05, 3.63) is 83.7 Å². The summed E-state index contributed by atoms with van der Waals surface area (Å²) in [5, 5.41) is 16.0. The summed E-state index contributed by atoms with van der Waals surface area (Å²) in [6, 6.07) is 11.5. The minimum Gasteiger partial charge on any atom is -0.495 e. The van der Waals surface area contributed by atoms with Crippen molar-refractivity contribution in [1.82, 2.24) is 29.3 Å². The van der Waals surface area contributed by atoms with Crippen molar-refractivity contribution in [2.24, 2.45) is 0 Å². The first kappa shape index (κ1) is 20.1. The number of aliphatic hydroxyl groups is 1. The third-order valence-corrected chi connectivity index (χ3v) is 5.67. The van der Waals surface area contributed by atoms with Crippen LogP contribution in [0.15, 0.2) is 55.1 Å². The maximum Gasteiger partial charge on any atom is 0.174 e. The van der Waals surface area contributed by atoms with Gasteiger partial charge in [-0.1, -0.05) is 18.2 Å². The van der Waals surface area contributed by atoms with Crippen LogP contribution in [0.25, 0.3) is 17.8 Å². The standard InChI is InChI=1S/C24H24N6O2/c1-17-15-29(16-26-17)19-9-7-18(14-20(19)32-2)8-10-22-27-23-24(31,11-5-13-30(23)28-22)21-6-3-4-12-25-21/h3-4,6-10,12,14-16,31H,5,11,13H2,1-2H3/b10-8+/t24-/m0/s1. The molecule has 8 nitrogen and oxygen atoms in total. The lowest BCUT2D eigenvalue weighted by atomic mass is 9.90. The fourth-order valence-corrected chi connectivity index (χ4v) is 4.07. The molecule has 0 bridgehead atoms. The van der Waals surface area contributed by atoms with Gasteiger partial charge in [-0.15, -0.1) is 0 Å². The number of methoxy groups -OCH3 is 1. The predicted octanol–water partition coefficient (Wildman–Crippen LogP) is 3.38. The normalized spacial score (nSPS) is 18.1. The number of hydrogen-bond acceptors (Lipinski definition) is 6. The van der Waals surface area contributed by atoms with Gasteiger partial charge in [0.25, 0.3) is 0 Å². The molecule has 5 rings (SSSR count). The smallest absolute Gasteiger partial charge is 0.174 e. The number of pyridine rings is 1. The number of fused-ring (bicyclic) bond motifs is 1. The zero-order valence-electron chi connectivity index (χ0n) is 18.0. The van der Waals surface area contributed by atoms with Crippen LogP contribution < -0.4 is 4.74 Å². The van der Waals surface area contributed by atoms with Crippen LogP contribution in [0.2, 0.25) is 0 Å². The van der Waals surface area contributed by atoms with Gasteiger partial charge in [-0.2, -0.15) is 5.10 Å². The molecule has 0 aliphatic carbocycles. The Labute approximate surface area is 185 Å². The quantitative estimate of drug-likeness (QED) is 0.524. The van der Waals surface area contributed by atoms with Crippen LogP contribution in [0.5, 0.6) is 5.75 Å². The van der Waals surface area contributed by atoms with E-state index in [4.69, 9.17) is 4.74 Å². The van der Waals surface area contributed by atoms with E-state index in [9.17, 15) is 5.11 Å². The highest BCUT2D eigenvalue weighted by Gasteiger charge is 2.40. The first-order valence-electron chi connectivity index (χ1n) is 10.5. The van der Waals surface area contributed by atoms with Gasteiger partial charge in [0.1, 0.15) is 5.75 Å². The van der Waals surface area contributed by atoms with Crippen LogP contribution in [0.3, 0.4) is 0 Å². The molecule has 1 atom stereocenters. The highest BCUT2D eigenvalue weighted by atomic mass is 16.5. The number of aromatic nitrogens is 6. The number of nitrogens with zero attached hydrogens (tertiary/aromatic N) is 6. The maximum absolute atomic E-state index is 11.4. The number of rotatable bonds is 5. The fraction of sp³-hybridized carbons (Fsp3) is 0.250. The van der Waals surface area contributed by atoms with Crippen molar-refractivity contribution < 1.29 is 9.84 Å². The Morgan fingerprint density at radius 3 is 2.81 bits per heavy atom. The van der Waals surface area contributed by atoms with Crippen LogP contribution >= 0.6 is 0 Å². The third kappa shape index (κ3) is 3.58. The van der Waals surface area contributed by atoms with Gasteiger partial charge in [0, 0.05) is 18.9 Å². The first-order valence-corrected chi connectivity index (χ1v) is 10.5. The monoisotopic (exact) mass is 428 g/mol. The Morgan fingerprint density at radius 2 is 2.06 bits per heavy atom. The lowest BCUT2D eigenvalue weighted by Gasteiger charge is -2.30. The van der Waals surface area contributed by atoms with Crippen molar-refractivity contribution in [2.45, 2.75) is 31.9 Å². The molecule has 8 heteroatoms. The summed E-state index contributed by atoms with van der Waals surface area (Å²) < 4.78 is 9.30. The molecule has 3 aromatic heterocycles. The molecular formula is C24H24N6O2. The van der Waals surface area contributed by atoms with Crippen molar-refractivity contribution in [3.8, 4) is 11.4 Å². The van der Waals surface area contributed by atoms with E-state index >= 15 is 0 Å². The van der Waals surface area contributed by atoms with Crippen LogP contribution in [-0.2, 0) is 12.1 Å². The molecule has 0 spiro atoms. The number of benzene rings is 1. The van der Waals surface area contributed by atoms with Gasteiger partial charge in [-0.3, -0.25) is 4.98 Å². The Hall–Kier alpha value is -3.78. The van der Waals surface area contributed by atoms with Crippen LogP contribution in [0.4, 0.5) is 0 Å². The Morgan fingerprint density at radius 1 is 1.16 bits per heavy atom. The van der Waals surface area contributed by atoms with Crippen molar-refractivity contribution in [1.29, 1.82) is 0 Å². The summed E-state index contributed by atoms with van der Waals surface area (Å²) in [5.74, 6) is 1.82. The fourth-order valence-electron chi connectivity index (χ4n) is 4.07. The molecule has 32 heavy (non-hydrogen) atoms. The highest BCUT2D eigenvalue weighted by Crippen LogP contribution is 2.35.